The van der Waals surface area contributed by atoms with E-state index in [4.69, 9.17) is 15.2 Å². The lowest BCUT2D eigenvalue weighted by Crippen LogP contribution is -2.49. The first-order chi connectivity index (χ1) is 12.0. The van der Waals surface area contributed by atoms with E-state index in [9.17, 15) is 14.4 Å². The zero-order valence-electron chi connectivity index (χ0n) is 14.0. The van der Waals surface area contributed by atoms with Crippen molar-refractivity contribution in [2.75, 3.05) is 43.6 Å². The Bertz CT molecular complexity index is 649. The van der Waals surface area contributed by atoms with Gasteiger partial charge in [-0.25, -0.2) is 4.79 Å². The number of anilines is 2. The molecule has 4 N–H and O–H groups in total. The van der Waals surface area contributed by atoms with E-state index in [0.717, 1.165) is 0 Å². The van der Waals surface area contributed by atoms with Crippen LogP contribution < -0.4 is 26.0 Å². The average Bonchev–Trinajstić information content (AvgIpc) is 2.59. The molecule has 136 valence electrons. The van der Waals surface area contributed by atoms with E-state index in [0.29, 0.717) is 30.3 Å². The van der Waals surface area contributed by atoms with Crippen LogP contribution in [-0.2, 0) is 14.3 Å². The Morgan fingerprint density at radius 2 is 2.16 bits per heavy atom. The zero-order chi connectivity index (χ0) is 18.2. The molecule has 0 saturated carbocycles. The van der Waals surface area contributed by atoms with Crippen molar-refractivity contribution in [3.05, 3.63) is 18.2 Å². The van der Waals surface area contributed by atoms with Crippen molar-refractivity contribution in [1.82, 2.24) is 5.32 Å². The van der Waals surface area contributed by atoms with Crippen LogP contribution in [0.3, 0.4) is 0 Å². The van der Waals surface area contributed by atoms with Crippen molar-refractivity contribution in [1.29, 1.82) is 0 Å². The van der Waals surface area contributed by atoms with E-state index in [-0.39, 0.29) is 37.8 Å². The van der Waals surface area contributed by atoms with Crippen LogP contribution in [0.15, 0.2) is 18.2 Å². The molecule has 1 aliphatic heterocycles. The minimum Gasteiger partial charge on any atom is -0.495 e. The van der Waals surface area contributed by atoms with Gasteiger partial charge in [0.1, 0.15) is 5.75 Å². The lowest BCUT2D eigenvalue weighted by Gasteiger charge is -2.28. The van der Waals surface area contributed by atoms with Gasteiger partial charge in [0.15, 0.2) is 0 Å². The maximum Gasteiger partial charge on any atom is 0.328 e. The molecule has 2 rings (SSSR count). The molecule has 0 atom stereocenters. The molecule has 1 heterocycles. The number of hydrogen-bond donors (Lipinski definition) is 3. The Morgan fingerprint density at radius 3 is 2.84 bits per heavy atom. The molecule has 0 aromatic heterocycles. The molecule has 1 fully saturated rings. The summed E-state index contributed by atoms with van der Waals surface area (Å²) >= 11 is 0. The fraction of sp³-hybridized carbons (Fsp3) is 0.438. The standard InChI is InChI=1S/C16H22N4O5/c1-24-13-3-2-11(18-15(22)5-8-25-9-6-17)10-12(13)20-7-4-14(21)19-16(20)23/h2-3,10H,4-9,17H2,1H3,(H,18,22)(H,19,21,23). The molecule has 0 spiro atoms. The van der Waals surface area contributed by atoms with Gasteiger partial charge in [-0.05, 0) is 18.2 Å². The van der Waals surface area contributed by atoms with Crippen molar-refractivity contribution in [3.63, 3.8) is 0 Å². The van der Waals surface area contributed by atoms with Crippen LogP contribution in [0.25, 0.3) is 0 Å². The quantitative estimate of drug-likeness (QED) is 0.585. The summed E-state index contributed by atoms with van der Waals surface area (Å²) in [4.78, 5) is 36.7. The Kier molecular flexibility index (Phi) is 6.72. The van der Waals surface area contributed by atoms with Gasteiger partial charge in [-0.3, -0.25) is 19.8 Å². The third kappa shape index (κ3) is 5.16. The van der Waals surface area contributed by atoms with Gasteiger partial charge < -0.3 is 20.5 Å². The number of carbonyl (C=O) groups excluding carboxylic acids is 3. The summed E-state index contributed by atoms with van der Waals surface area (Å²) in [6.45, 7) is 1.33. The van der Waals surface area contributed by atoms with Crippen LogP contribution in [0.1, 0.15) is 12.8 Å². The molecular formula is C16H22N4O5. The van der Waals surface area contributed by atoms with Gasteiger partial charge in [0.2, 0.25) is 11.8 Å². The first kappa shape index (κ1) is 18.7. The monoisotopic (exact) mass is 350 g/mol. The van der Waals surface area contributed by atoms with E-state index < -0.39 is 6.03 Å². The highest BCUT2D eigenvalue weighted by molar-refractivity contribution is 6.06. The van der Waals surface area contributed by atoms with Crippen molar-refractivity contribution < 1.29 is 23.9 Å². The number of nitrogens with zero attached hydrogens (tertiary/aromatic N) is 1. The molecule has 1 saturated heterocycles. The molecule has 4 amide bonds. The lowest BCUT2D eigenvalue weighted by molar-refractivity contribution is -0.120. The molecule has 1 aromatic carbocycles. The van der Waals surface area contributed by atoms with Crippen LogP contribution >= 0.6 is 0 Å². The number of benzene rings is 1. The van der Waals surface area contributed by atoms with Crippen LogP contribution in [0.4, 0.5) is 16.2 Å². The lowest BCUT2D eigenvalue weighted by atomic mass is 10.2. The molecule has 1 aromatic rings. The van der Waals surface area contributed by atoms with Crippen LogP contribution in [0.5, 0.6) is 5.75 Å². The number of rotatable bonds is 8. The highest BCUT2D eigenvalue weighted by Gasteiger charge is 2.26. The summed E-state index contributed by atoms with van der Waals surface area (Å²) in [5, 5.41) is 5.00. The Balaban J connectivity index is 2.07. The third-order valence-electron chi connectivity index (χ3n) is 3.54. The normalized spacial score (nSPS) is 14.2. The minimum atomic E-state index is -0.520. The molecule has 0 unspecified atom stereocenters. The molecule has 0 radical (unpaired) electrons. The van der Waals surface area contributed by atoms with Gasteiger partial charge in [-0.2, -0.15) is 0 Å². The number of ether oxygens (including phenoxy) is 2. The van der Waals surface area contributed by atoms with Crippen LogP contribution in [0, 0.1) is 0 Å². The molecule has 1 aliphatic rings. The molecular weight excluding hydrogens is 328 g/mol. The zero-order valence-corrected chi connectivity index (χ0v) is 14.0. The number of nitrogens with one attached hydrogen (secondary N) is 2. The number of carbonyl (C=O) groups is 3. The predicted octanol–water partition coefficient (Wildman–Crippen LogP) is 0.445. The maximum absolute atomic E-state index is 12.0. The van der Waals surface area contributed by atoms with E-state index in [2.05, 4.69) is 10.6 Å². The summed E-state index contributed by atoms with van der Waals surface area (Å²) in [5.74, 6) is -0.0673. The van der Waals surface area contributed by atoms with Crippen LogP contribution in [-0.4, -0.2) is 51.3 Å². The van der Waals surface area contributed by atoms with Crippen molar-refractivity contribution in [2.24, 2.45) is 5.73 Å². The van der Waals surface area contributed by atoms with Gasteiger partial charge in [0.25, 0.3) is 0 Å². The summed E-state index contributed by atoms with van der Waals surface area (Å²) in [5.41, 5.74) is 6.30. The fourth-order valence-corrected chi connectivity index (χ4v) is 2.35. The largest absolute Gasteiger partial charge is 0.495 e. The number of hydrogen-bond acceptors (Lipinski definition) is 6. The second-order valence-electron chi connectivity index (χ2n) is 5.34. The molecule has 9 nitrogen and oxygen atoms in total. The van der Waals surface area contributed by atoms with Gasteiger partial charge in [0, 0.05) is 25.2 Å². The van der Waals surface area contributed by atoms with Crippen molar-refractivity contribution >= 4 is 29.2 Å². The smallest absolute Gasteiger partial charge is 0.328 e. The molecule has 25 heavy (non-hydrogen) atoms. The first-order valence-corrected chi connectivity index (χ1v) is 7.92. The highest BCUT2D eigenvalue weighted by atomic mass is 16.5. The highest BCUT2D eigenvalue weighted by Crippen LogP contribution is 2.32. The molecule has 0 aliphatic carbocycles. The third-order valence-corrected chi connectivity index (χ3v) is 3.54. The van der Waals surface area contributed by atoms with Crippen molar-refractivity contribution in [3.8, 4) is 5.75 Å². The Morgan fingerprint density at radius 1 is 1.36 bits per heavy atom. The summed E-state index contributed by atoms with van der Waals surface area (Å²) < 4.78 is 10.4. The minimum absolute atomic E-state index is 0.195. The SMILES string of the molecule is COc1ccc(NC(=O)CCOCCN)cc1N1CCC(=O)NC1=O. The van der Waals surface area contributed by atoms with Gasteiger partial charge in [0.05, 0.1) is 32.4 Å². The second-order valence-corrected chi connectivity index (χ2v) is 5.34. The fourth-order valence-electron chi connectivity index (χ4n) is 2.35. The Labute approximate surface area is 145 Å². The van der Waals surface area contributed by atoms with Gasteiger partial charge >= 0.3 is 6.03 Å². The average molecular weight is 350 g/mol. The number of nitrogens with two attached hydrogens (primary N) is 1. The summed E-state index contributed by atoms with van der Waals surface area (Å²) in [6.07, 6.45) is 0.393. The molecule has 0 bridgehead atoms. The summed E-state index contributed by atoms with van der Waals surface area (Å²) in [6, 6.07) is 4.44. The number of amides is 4. The van der Waals surface area contributed by atoms with Gasteiger partial charge in [-0.1, -0.05) is 0 Å². The Hall–Kier alpha value is -2.65. The van der Waals surface area contributed by atoms with Crippen molar-refractivity contribution in [2.45, 2.75) is 12.8 Å². The topological polar surface area (TPSA) is 123 Å². The summed E-state index contributed by atoms with van der Waals surface area (Å²) in [7, 11) is 1.48. The van der Waals surface area contributed by atoms with E-state index >= 15 is 0 Å². The van der Waals surface area contributed by atoms with E-state index in [1.165, 1.54) is 12.0 Å². The van der Waals surface area contributed by atoms with Gasteiger partial charge in [-0.15, -0.1) is 0 Å². The maximum atomic E-state index is 12.0. The number of methoxy groups -OCH3 is 1. The predicted molar refractivity (Wildman–Crippen MR) is 91.6 cm³/mol. The molecule has 9 heteroatoms. The number of urea groups is 1. The number of imide groups is 1. The first-order valence-electron chi connectivity index (χ1n) is 7.92. The second kappa shape index (κ2) is 9.00. The van der Waals surface area contributed by atoms with E-state index in [1.54, 1.807) is 18.2 Å². The van der Waals surface area contributed by atoms with E-state index in [1.807, 2.05) is 0 Å². The van der Waals surface area contributed by atoms with Crippen LogP contribution in [0.2, 0.25) is 0 Å².